The average Bonchev–Trinajstić information content (AvgIpc) is 3.11. The van der Waals surface area contributed by atoms with E-state index in [9.17, 15) is 14.7 Å². The Morgan fingerprint density at radius 3 is 2.22 bits per heavy atom. The van der Waals surface area contributed by atoms with Crippen LogP contribution in [0.15, 0.2) is 72.8 Å². The van der Waals surface area contributed by atoms with Crippen LogP contribution in [0.3, 0.4) is 0 Å². The summed E-state index contributed by atoms with van der Waals surface area (Å²) in [6.45, 7) is 0.0350. The molecule has 160 valence electrons. The van der Waals surface area contributed by atoms with Gasteiger partial charge in [0.2, 0.25) is 0 Å². The summed E-state index contributed by atoms with van der Waals surface area (Å²) in [5.41, 5.74) is 11.5. The van der Waals surface area contributed by atoms with Gasteiger partial charge in [0.1, 0.15) is 6.61 Å². The summed E-state index contributed by atoms with van der Waals surface area (Å²) in [6.07, 6.45) is 0.136. The molecule has 0 spiro atoms. The first-order valence-corrected chi connectivity index (χ1v) is 10.3. The molecule has 1 aliphatic carbocycles. The highest BCUT2D eigenvalue weighted by Crippen LogP contribution is 2.44. The van der Waals surface area contributed by atoms with Gasteiger partial charge in [0, 0.05) is 12.0 Å². The fourth-order valence-electron chi connectivity index (χ4n) is 4.31. The van der Waals surface area contributed by atoms with Gasteiger partial charge in [0.05, 0.1) is 11.6 Å². The van der Waals surface area contributed by atoms with Crippen LogP contribution in [0.1, 0.15) is 28.2 Å². The molecule has 4 rings (SSSR count). The van der Waals surface area contributed by atoms with Crippen LogP contribution < -0.4 is 5.73 Å². The molecule has 0 bridgehead atoms. The number of ether oxygens (including phenoxy) is 1. The number of nitriles is 1. The van der Waals surface area contributed by atoms with E-state index in [2.05, 4.69) is 0 Å². The Hall–Kier alpha value is -3.95. The Morgan fingerprint density at radius 2 is 1.62 bits per heavy atom. The van der Waals surface area contributed by atoms with Gasteiger partial charge in [0.15, 0.2) is 5.92 Å². The number of hydrogen-bond acceptors (Lipinski definition) is 5. The summed E-state index contributed by atoms with van der Waals surface area (Å²) < 4.78 is 5.51. The Bertz CT molecular complexity index is 1170. The number of benzene rings is 3. The molecule has 0 aromatic heterocycles. The van der Waals surface area contributed by atoms with Crippen molar-refractivity contribution in [3.05, 3.63) is 95.1 Å². The first-order chi connectivity index (χ1) is 15.5. The normalized spacial score (nSPS) is 14.0. The van der Waals surface area contributed by atoms with Crippen LogP contribution in [0.4, 0.5) is 0 Å². The fraction of sp³-hybridized carbons (Fsp3) is 0.192. The van der Waals surface area contributed by atoms with Gasteiger partial charge in [-0.15, -0.1) is 0 Å². The molecule has 6 heteroatoms. The van der Waals surface area contributed by atoms with Gasteiger partial charge in [-0.25, -0.2) is 0 Å². The second-order valence-electron chi connectivity index (χ2n) is 7.85. The standard InChI is InChI=1S/C26H22N2O4/c27-14-17-7-5-6-16(12-17)13-23(28)24(25(29)30)26(31)32-15-22-20-10-3-1-8-18(20)19-9-2-4-11-21(19)22/h1-12,22-24H,13,15,28H2,(H,29,30)/t23-,24+/m0/s1. The third-order valence-electron chi connectivity index (χ3n) is 5.83. The molecule has 0 aliphatic heterocycles. The number of carbonyl (C=O) groups excluding carboxylic acids is 1. The van der Waals surface area contributed by atoms with E-state index in [0.717, 1.165) is 22.3 Å². The third-order valence-corrected chi connectivity index (χ3v) is 5.83. The van der Waals surface area contributed by atoms with Crippen molar-refractivity contribution < 1.29 is 19.4 Å². The Balaban J connectivity index is 1.49. The van der Waals surface area contributed by atoms with Crippen LogP contribution >= 0.6 is 0 Å². The molecule has 0 saturated heterocycles. The molecule has 3 aromatic carbocycles. The largest absolute Gasteiger partial charge is 0.481 e. The lowest BCUT2D eigenvalue weighted by molar-refractivity contribution is -0.159. The van der Waals surface area contributed by atoms with Crippen molar-refractivity contribution in [1.82, 2.24) is 0 Å². The quantitative estimate of drug-likeness (QED) is 0.442. The van der Waals surface area contributed by atoms with E-state index in [4.69, 9.17) is 15.7 Å². The number of esters is 1. The van der Waals surface area contributed by atoms with Crippen molar-refractivity contribution in [2.75, 3.05) is 6.61 Å². The van der Waals surface area contributed by atoms with E-state index in [1.165, 1.54) is 0 Å². The number of carbonyl (C=O) groups is 2. The van der Waals surface area contributed by atoms with Crippen LogP contribution in [-0.2, 0) is 20.7 Å². The second kappa shape index (κ2) is 9.04. The number of carboxylic acids is 1. The predicted octanol–water partition coefficient (Wildman–Crippen LogP) is 3.48. The van der Waals surface area contributed by atoms with E-state index in [1.807, 2.05) is 54.6 Å². The number of hydrogen-bond donors (Lipinski definition) is 2. The molecular weight excluding hydrogens is 404 g/mol. The average molecular weight is 426 g/mol. The first kappa shape index (κ1) is 21.3. The van der Waals surface area contributed by atoms with Gasteiger partial charge in [-0.2, -0.15) is 5.26 Å². The molecule has 3 N–H and O–H groups in total. The summed E-state index contributed by atoms with van der Waals surface area (Å²) in [5, 5.41) is 18.7. The van der Waals surface area contributed by atoms with E-state index < -0.39 is 23.9 Å². The van der Waals surface area contributed by atoms with E-state index in [0.29, 0.717) is 11.1 Å². The summed E-state index contributed by atoms with van der Waals surface area (Å²) in [5.74, 6) is -3.86. The fourth-order valence-corrected chi connectivity index (χ4v) is 4.31. The molecule has 6 nitrogen and oxygen atoms in total. The van der Waals surface area contributed by atoms with Crippen LogP contribution in [0, 0.1) is 17.2 Å². The lowest BCUT2D eigenvalue weighted by Gasteiger charge is -2.21. The molecule has 1 aliphatic rings. The van der Waals surface area contributed by atoms with Crippen molar-refractivity contribution in [1.29, 1.82) is 5.26 Å². The number of fused-ring (bicyclic) bond motifs is 3. The molecule has 2 atom stereocenters. The minimum absolute atomic E-state index is 0.0350. The van der Waals surface area contributed by atoms with E-state index >= 15 is 0 Å². The summed E-state index contributed by atoms with van der Waals surface area (Å²) in [6, 6.07) is 23.6. The zero-order valence-electron chi connectivity index (χ0n) is 17.3. The first-order valence-electron chi connectivity index (χ1n) is 10.3. The molecule has 0 radical (unpaired) electrons. The lowest BCUT2D eigenvalue weighted by atomic mass is 9.93. The number of nitrogens with two attached hydrogens (primary N) is 1. The number of nitrogens with zero attached hydrogens (tertiary/aromatic N) is 1. The van der Waals surface area contributed by atoms with E-state index in [1.54, 1.807) is 24.3 Å². The Labute approximate surface area is 185 Å². The minimum Gasteiger partial charge on any atom is -0.481 e. The SMILES string of the molecule is N#Cc1cccc(C[C@H](N)[C@H](C(=O)O)C(=O)OCC2c3ccccc3-c3ccccc32)c1. The Morgan fingerprint density at radius 1 is 1.00 bits per heavy atom. The monoisotopic (exact) mass is 426 g/mol. The third kappa shape index (κ3) is 4.11. The van der Waals surface area contributed by atoms with E-state index in [-0.39, 0.29) is 18.9 Å². The number of carboxylic acid groups (broad SMARTS) is 1. The molecule has 3 aromatic rings. The number of aliphatic carboxylic acids is 1. The molecule has 0 unspecified atom stereocenters. The molecule has 0 fully saturated rings. The highest BCUT2D eigenvalue weighted by atomic mass is 16.5. The lowest BCUT2D eigenvalue weighted by Crippen LogP contribution is -2.43. The van der Waals surface area contributed by atoms with Crippen molar-refractivity contribution in [3.8, 4) is 17.2 Å². The van der Waals surface area contributed by atoms with Crippen molar-refractivity contribution in [2.24, 2.45) is 11.7 Å². The maximum absolute atomic E-state index is 12.8. The minimum atomic E-state index is -1.51. The van der Waals surface area contributed by atoms with Gasteiger partial charge in [-0.1, -0.05) is 60.7 Å². The summed E-state index contributed by atoms with van der Waals surface area (Å²) in [7, 11) is 0. The van der Waals surface area contributed by atoms with Crippen LogP contribution in [-0.4, -0.2) is 29.7 Å². The highest BCUT2D eigenvalue weighted by Gasteiger charge is 2.36. The van der Waals surface area contributed by atoms with Crippen LogP contribution in [0.25, 0.3) is 11.1 Å². The van der Waals surface area contributed by atoms with Crippen molar-refractivity contribution in [2.45, 2.75) is 18.4 Å². The molecule has 32 heavy (non-hydrogen) atoms. The second-order valence-corrected chi connectivity index (χ2v) is 7.85. The Kier molecular flexibility index (Phi) is 6.02. The highest BCUT2D eigenvalue weighted by molar-refractivity contribution is 5.95. The predicted molar refractivity (Wildman–Crippen MR) is 119 cm³/mol. The maximum atomic E-state index is 12.8. The summed E-state index contributed by atoms with van der Waals surface area (Å²) >= 11 is 0. The topological polar surface area (TPSA) is 113 Å². The maximum Gasteiger partial charge on any atom is 0.321 e. The zero-order chi connectivity index (χ0) is 22.7. The number of rotatable bonds is 7. The molecule has 0 heterocycles. The van der Waals surface area contributed by atoms with Gasteiger partial charge in [-0.05, 0) is 46.4 Å². The van der Waals surface area contributed by atoms with Gasteiger partial charge < -0.3 is 15.6 Å². The van der Waals surface area contributed by atoms with Crippen molar-refractivity contribution in [3.63, 3.8) is 0 Å². The molecule has 0 saturated carbocycles. The zero-order valence-corrected chi connectivity index (χ0v) is 17.3. The summed E-state index contributed by atoms with van der Waals surface area (Å²) in [4.78, 5) is 24.6. The van der Waals surface area contributed by atoms with Crippen molar-refractivity contribution >= 4 is 11.9 Å². The van der Waals surface area contributed by atoms with Gasteiger partial charge in [-0.3, -0.25) is 9.59 Å². The smallest absolute Gasteiger partial charge is 0.321 e. The molecule has 0 amide bonds. The van der Waals surface area contributed by atoms with Crippen LogP contribution in [0.5, 0.6) is 0 Å². The van der Waals surface area contributed by atoms with Crippen LogP contribution in [0.2, 0.25) is 0 Å². The molecular formula is C26H22N2O4. The van der Waals surface area contributed by atoms with Gasteiger partial charge in [0.25, 0.3) is 0 Å². The van der Waals surface area contributed by atoms with Gasteiger partial charge >= 0.3 is 11.9 Å².